The zero-order chi connectivity index (χ0) is 15.2. The van der Waals surface area contributed by atoms with E-state index in [-0.39, 0.29) is 0 Å². The highest BCUT2D eigenvalue weighted by molar-refractivity contribution is 7.80. The van der Waals surface area contributed by atoms with E-state index in [4.69, 9.17) is 27.4 Å². The first-order valence-electron chi connectivity index (χ1n) is 6.79. The van der Waals surface area contributed by atoms with E-state index < -0.39 is 0 Å². The average Bonchev–Trinajstić information content (AvgIpc) is 2.46. The lowest BCUT2D eigenvalue weighted by molar-refractivity contribution is 0.215. The highest BCUT2D eigenvalue weighted by Crippen LogP contribution is 2.22. The molecule has 21 heavy (non-hydrogen) atoms. The van der Waals surface area contributed by atoms with E-state index in [1.54, 1.807) is 0 Å². The number of para-hydroxylation sites is 1. The number of hydrogen-bond donors (Lipinski definition) is 1. The fourth-order valence-electron chi connectivity index (χ4n) is 2.07. The minimum absolute atomic E-state index is 0.368. The Labute approximate surface area is 130 Å². The number of benzene rings is 2. The van der Waals surface area contributed by atoms with Gasteiger partial charge in [-0.1, -0.05) is 42.5 Å². The molecule has 0 saturated heterocycles. The molecular formula is C17H19NO2S. The maximum atomic E-state index is 5.79. The zero-order valence-corrected chi connectivity index (χ0v) is 13.1. The molecule has 0 heterocycles. The minimum Gasteiger partial charge on any atom is -0.490 e. The molecule has 110 valence electrons. The topological polar surface area (TPSA) is 44.5 Å². The minimum atomic E-state index is 0.368. The van der Waals surface area contributed by atoms with Gasteiger partial charge in [0.05, 0.1) is 0 Å². The van der Waals surface area contributed by atoms with E-state index in [2.05, 4.69) is 0 Å². The largest absolute Gasteiger partial charge is 0.490 e. The Balaban J connectivity index is 1.88. The number of hydrogen-bond acceptors (Lipinski definition) is 3. The van der Waals surface area contributed by atoms with Crippen molar-refractivity contribution in [3.8, 4) is 11.5 Å². The molecule has 2 aromatic rings. The molecule has 0 radical (unpaired) electrons. The van der Waals surface area contributed by atoms with Gasteiger partial charge in [-0.2, -0.15) is 0 Å². The van der Waals surface area contributed by atoms with Crippen LogP contribution in [0.5, 0.6) is 11.5 Å². The second kappa shape index (κ2) is 7.09. The van der Waals surface area contributed by atoms with Crippen LogP contribution in [0.4, 0.5) is 0 Å². The van der Waals surface area contributed by atoms with Gasteiger partial charge in [-0.15, -0.1) is 0 Å². The van der Waals surface area contributed by atoms with Crippen LogP contribution in [0.1, 0.15) is 16.7 Å². The molecule has 0 aromatic heterocycles. The van der Waals surface area contributed by atoms with Gasteiger partial charge in [-0.3, -0.25) is 0 Å². The van der Waals surface area contributed by atoms with Gasteiger partial charge in [0, 0.05) is 5.56 Å². The van der Waals surface area contributed by atoms with Crippen molar-refractivity contribution in [2.45, 2.75) is 13.8 Å². The Kier molecular flexibility index (Phi) is 5.17. The van der Waals surface area contributed by atoms with Crippen molar-refractivity contribution >= 4 is 17.2 Å². The lowest BCUT2D eigenvalue weighted by Gasteiger charge is -2.12. The predicted molar refractivity (Wildman–Crippen MR) is 89.2 cm³/mol. The summed E-state index contributed by atoms with van der Waals surface area (Å²) in [5.41, 5.74) is 8.66. The summed E-state index contributed by atoms with van der Waals surface area (Å²) in [4.78, 5) is 0.368. The molecule has 0 atom stereocenters. The summed E-state index contributed by atoms with van der Waals surface area (Å²) in [5, 5.41) is 0. The molecular weight excluding hydrogens is 282 g/mol. The molecule has 0 spiro atoms. The molecule has 0 amide bonds. The lowest BCUT2D eigenvalue weighted by Crippen LogP contribution is -2.12. The summed E-state index contributed by atoms with van der Waals surface area (Å²) >= 11 is 4.95. The van der Waals surface area contributed by atoms with Crippen LogP contribution in [0.3, 0.4) is 0 Å². The Hall–Kier alpha value is -2.07. The molecule has 0 bridgehead atoms. The van der Waals surface area contributed by atoms with Crippen molar-refractivity contribution < 1.29 is 9.47 Å². The van der Waals surface area contributed by atoms with Crippen LogP contribution in [-0.4, -0.2) is 18.2 Å². The van der Waals surface area contributed by atoms with Gasteiger partial charge < -0.3 is 15.2 Å². The molecule has 2 N–H and O–H groups in total. The van der Waals surface area contributed by atoms with E-state index >= 15 is 0 Å². The van der Waals surface area contributed by atoms with Crippen molar-refractivity contribution in [2.75, 3.05) is 13.2 Å². The molecule has 0 saturated carbocycles. The standard InChI is InChI=1S/C17H19NO2S/c1-12-5-3-6-13(2)16(12)20-10-9-19-15-8-4-7-14(11-15)17(18)21/h3-8,11H,9-10H2,1-2H3,(H2,18,21). The molecule has 2 rings (SSSR count). The third kappa shape index (κ3) is 4.20. The third-order valence-electron chi connectivity index (χ3n) is 3.13. The Morgan fingerprint density at radius 3 is 2.29 bits per heavy atom. The van der Waals surface area contributed by atoms with E-state index in [1.807, 2.05) is 56.3 Å². The molecule has 0 aliphatic carbocycles. The summed E-state index contributed by atoms with van der Waals surface area (Å²) in [6.07, 6.45) is 0. The Bertz CT molecular complexity index is 620. The van der Waals surface area contributed by atoms with Crippen LogP contribution >= 0.6 is 12.2 Å². The highest BCUT2D eigenvalue weighted by atomic mass is 32.1. The van der Waals surface area contributed by atoms with Crippen molar-refractivity contribution in [1.29, 1.82) is 0 Å². The zero-order valence-electron chi connectivity index (χ0n) is 12.3. The van der Waals surface area contributed by atoms with Gasteiger partial charge in [0.25, 0.3) is 0 Å². The molecule has 0 unspecified atom stereocenters. The first-order chi connectivity index (χ1) is 10.1. The molecule has 4 heteroatoms. The van der Waals surface area contributed by atoms with Crippen LogP contribution in [0, 0.1) is 13.8 Å². The van der Waals surface area contributed by atoms with Crippen LogP contribution in [0.25, 0.3) is 0 Å². The summed E-state index contributed by atoms with van der Waals surface area (Å²) < 4.78 is 11.4. The van der Waals surface area contributed by atoms with Crippen LogP contribution in [0.15, 0.2) is 42.5 Å². The van der Waals surface area contributed by atoms with E-state index in [9.17, 15) is 0 Å². The second-order valence-corrected chi connectivity index (χ2v) is 5.25. The molecule has 3 nitrogen and oxygen atoms in total. The molecule has 0 fully saturated rings. The average molecular weight is 301 g/mol. The number of ether oxygens (including phenoxy) is 2. The van der Waals surface area contributed by atoms with Crippen molar-refractivity contribution in [1.82, 2.24) is 0 Å². The van der Waals surface area contributed by atoms with Crippen molar-refractivity contribution in [3.63, 3.8) is 0 Å². The number of aryl methyl sites for hydroxylation is 2. The van der Waals surface area contributed by atoms with Gasteiger partial charge in [-0.25, -0.2) is 0 Å². The quantitative estimate of drug-likeness (QED) is 0.656. The summed E-state index contributed by atoms with van der Waals surface area (Å²) in [6, 6.07) is 13.5. The first-order valence-corrected chi connectivity index (χ1v) is 7.20. The fourth-order valence-corrected chi connectivity index (χ4v) is 2.20. The molecule has 0 aliphatic heterocycles. The highest BCUT2D eigenvalue weighted by Gasteiger charge is 2.03. The number of thiocarbonyl (C=S) groups is 1. The third-order valence-corrected chi connectivity index (χ3v) is 3.36. The maximum absolute atomic E-state index is 5.79. The summed E-state index contributed by atoms with van der Waals surface area (Å²) in [6.45, 7) is 5.03. The maximum Gasteiger partial charge on any atom is 0.125 e. The van der Waals surface area contributed by atoms with Crippen molar-refractivity contribution in [3.05, 3.63) is 59.2 Å². The van der Waals surface area contributed by atoms with Crippen molar-refractivity contribution in [2.24, 2.45) is 5.73 Å². The number of rotatable bonds is 6. The van der Waals surface area contributed by atoms with Gasteiger partial charge in [-0.05, 0) is 37.1 Å². The van der Waals surface area contributed by atoms with Crippen LogP contribution in [-0.2, 0) is 0 Å². The van der Waals surface area contributed by atoms with Gasteiger partial charge in [0.15, 0.2) is 0 Å². The Morgan fingerprint density at radius 1 is 1.00 bits per heavy atom. The second-order valence-electron chi connectivity index (χ2n) is 4.81. The molecule has 2 aromatic carbocycles. The normalized spacial score (nSPS) is 10.2. The number of nitrogens with two attached hydrogens (primary N) is 1. The summed E-state index contributed by atoms with van der Waals surface area (Å²) in [7, 11) is 0. The SMILES string of the molecule is Cc1cccc(C)c1OCCOc1cccc(C(N)=S)c1. The van der Waals surface area contributed by atoms with Gasteiger partial charge in [0.2, 0.25) is 0 Å². The monoisotopic (exact) mass is 301 g/mol. The van der Waals surface area contributed by atoms with E-state index in [1.165, 1.54) is 0 Å². The van der Waals surface area contributed by atoms with Gasteiger partial charge in [0.1, 0.15) is 29.7 Å². The Morgan fingerprint density at radius 2 is 1.62 bits per heavy atom. The van der Waals surface area contributed by atoms with Crippen LogP contribution < -0.4 is 15.2 Å². The molecule has 0 aliphatic rings. The fraction of sp³-hybridized carbons (Fsp3) is 0.235. The van der Waals surface area contributed by atoms with E-state index in [0.29, 0.717) is 18.2 Å². The smallest absolute Gasteiger partial charge is 0.125 e. The van der Waals surface area contributed by atoms with Gasteiger partial charge >= 0.3 is 0 Å². The summed E-state index contributed by atoms with van der Waals surface area (Å²) in [5.74, 6) is 1.67. The van der Waals surface area contributed by atoms with E-state index in [0.717, 1.165) is 28.2 Å². The predicted octanol–water partition coefficient (Wildman–Crippen LogP) is 3.40. The first kappa shape index (κ1) is 15.3. The van der Waals surface area contributed by atoms with Crippen LogP contribution in [0.2, 0.25) is 0 Å². The lowest BCUT2D eigenvalue weighted by atomic mass is 10.1.